The molecule has 3 amide bonds. The number of β-amino-alcohol motifs (C(OH)–C–C–N with tert-alkyl or cyclic N) is 1. The molecule has 4 atom stereocenters. The second kappa shape index (κ2) is 11.0. The van der Waals surface area contributed by atoms with Crippen molar-refractivity contribution in [1.82, 2.24) is 20.5 Å². The molecule has 212 valence electrons. The number of amides is 3. The van der Waals surface area contributed by atoms with Gasteiger partial charge in [0.05, 0.1) is 28.2 Å². The van der Waals surface area contributed by atoms with Crippen LogP contribution in [0.5, 0.6) is 0 Å². The van der Waals surface area contributed by atoms with Crippen LogP contribution in [0.2, 0.25) is 0 Å². The van der Waals surface area contributed by atoms with E-state index in [0.717, 1.165) is 21.7 Å². The van der Waals surface area contributed by atoms with Gasteiger partial charge in [-0.2, -0.15) is 0 Å². The van der Waals surface area contributed by atoms with Gasteiger partial charge in [0.1, 0.15) is 12.1 Å². The van der Waals surface area contributed by atoms with Crippen LogP contribution in [0.1, 0.15) is 71.2 Å². The summed E-state index contributed by atoms with van der Waals surface area (Å²) in [4.78, 5) is 46.5. The highest BCUT2D eigenvalue weighted by Gasteiger charge is 2.53. The second-order valence-electron chi connectivity index (χ2n) is 12.3. The minimum atomic E-state index is -1.93. The third kappa shape index (κ3) is 6.32. The molecule has 1 saturated heterocycles. The number of aromatic nitrogens is 1. The van der Waals surface area contributed by atoms with Gasteiger partial charge in [0.25, 0.3) is 5.91 Å². The van der Waals surface area contributed by atoms with E-state index < -0.39 is 41.1 Å². The van der Waals surface area contributed by atoms with Crippen LogP contribution in [-0.2, 0) is 14.4 Å². The van der Waals surface area contributed by atoms with Gasteiger partial charge in [-0.15, -0.1) is 11.3 Å². The van der Waals surface area contributed by atoms with E-state index in [1.807, 2.05) is 50.5 Å². The zero-order valence-corrected chi connectivity index (χ0v) is 24.3. The molecule has 0 radical (unpaired) electrons. The Morgan fingerprint density at radius 2 is 1.79 bits per heavy atom. The van der Waals surface area contributed by atoms with Gasteiger partial charge in [-0.3, -0.25) is 14.4 Å². The maximum absolute atomic E-state index is 14.4. The van der Waals surface area contributed by atoms with Crippen LogP contribution in [0.15, 0.2) is 29.8 Å². The average molecular weight is 559 g/mol. The van der Waals surface area contributed by atoms with E-state index in [4.69, 9.17) is 0 Å². The first kappa shape index (κ1) is 29.1. The summed E-state index contributed by atoms with van der Waals surface area (Å²) in [5, 5.41) is 16.1. The number of nitrogens with zero attached hydrogens (tertiary/aromatic N) is 2. The van der Waals surface area contributed by atoms with Crippen molar-refractivity contribution in [2.24, 2.45) is 11.3 Å². The SMILES string of the molecule is Cc1ncsc1-c1ccc([C@@H](NC(=O)[C@@H]2C[C@@H](O)CN2C(=O)[C@@H](NC(=O)C2(F)CC2)C(C)(C)C)C(C)C)cc1. The molecule has 0 bridgehead atoms. The molecule has 2 fully saturated rings. The van der Waals surface area contributed by atoms with Crippen molar-refractivity contribution in [2.75, 3.05) is 6.54 Å². The Bertz CT molecular complexity index is 1220. The molecule has 8 nitrogen and oxygen atoms in total. The molecule has 2 heterocycles. The van der Waals surface area contributed by atoms with E-state index in [9.17, 15) is 23.9 Å². The lowest BCUT2D eigenvalue weighted by Gasteiger charge is -2.36. The maximum atomic E-state index is 14.4. The number of thiazole rings is 1. The van der Waals surface area contributed by atoms with E-state index in [1.165, 1.54) is 4.90 Å². The highest BCUT2D eigenvalue weighted by molar-refractivity contribution is 7.13. The number of benzene rings is 1. The second-order valence-corrected chi connectivity index (χ2v) is 13.1. The van der Waals surface area contributed by atoms with E-state index >= 15 is 0 Å². The lowest BCUT2D eigenvalue weighted by Crippen LogP contribution is -2.59. The molecular formula is C29H39FN4O4S. The number of carbonyl (C=O) groups excluding carboxylic acids is 3. The Morgan fingerprint density at radius 3 is 2.31 bits per heavy atom. The monoisotopic (exact) mass is 558 g/mol. The normalized spacial score (nSPS) is 21.9. The maximum Gasteiger partial charge on any atom is 0.258 e. The number of nitrogens with one attached hydrogen (secondary N) is 2. The Labute approximate surface area is 233 Å². The van der Waals surface area contributed by atoms with Crippen LogP contribution in [0.3, 0.4) is 0 Å². The average Bonchev–Trinajstić information content (AvgIpc) is 3.28. The minimum absolute atomic E-state index is 0.0324. The van der Waals surface area contributed by atoms with Crippen molar-refractivity contribution in [3.8, 4) is 10.4 Å². The minimum Gasteiger partial charge on any atom is -0.391 e. The van der Waals surface area contributed by atoms with Crippen LogP contribution in [0.25, 0.3) is 10.4 Å². The summed E-state index contributed by atoms with van der Waals surface area (Å²) in [5.74, 6) is -1.61. The fourth-order valence-corrected chi connectivity index (χ4v) is 5.83. The third-order valence-electron chi connectivity index (χ3n) is 7.59. The lowest BCUT2D eigenvalue weighted by atomic mass is 9.85. The first-order chi connectivity index (χ1) is 18.2. The topological polar surface area (TPSA) is 112 Å². The highest BCUT2D eigenvalue weighted by Crippen LogP contribution is 2.40. The first-order valence-electron chi connectivity index (χ1n) is 13.5. The summed E-state index contributed by atoms with van der Waals surface area (Å²) in [6.45, 7) is 11.3. The summed E-state index contributed by atoms with van der Waals surface area (Å²) in [6, 6.07) is 5.74. The Morgan fingerprint density at radius 1 is 1.15 bits per heavy atom. The number of likely N-dealkylation sites (tertiary alicyclic amines) is 1. The zero-order valence-electron chi connectivity index (χ0n) is 23.5. The first-order valence-corrected chi connectivity index (χ1v) is 14.4. The summed E-state index contributed by atoms with van der Waals surface area (Å²) >= 11 is 1.58. The molecule has 1 aromatic carbocycles. The Balaban J connectivity index is 1.51. The quantitative estimate of drug-likeness (QED) is 0.455. The van der Waals surface area contributed by atoms with Crippen LogP contribution in [-0.4, -0.2) is 63.1 Å². The van der Waals surface area contributed by atoms with Gasteiger partial charge in [-0.1, -0.05) is 58.9 Å². The van der Waals surface area contributed by atoms with Crippen LogP contribution in [0.4, 0.5) is 4.39 Å². The van der Waals surface area contributed by atoms with E-state index in [1.54, 1.807) is 32.1 Å². The van der Waals surface area contributed by atoms with Crippen LogP contribution in [0, 0.1) is 18.3 Å². The summed E-state index contributed by atoms with van der Waals surface area (Å²) in [7, 11) is 0. The lowest BCUT2D eigenvalue weighted by molar-refractivity contribution is -0.145. The number of hydrogen-bond acceptors (Lipinski definition) is 6. The number of aliphatic hydroxyl groups excluding tert-OH is 1. The summed E-state index contributed by atoms with van der Waals surface area (Å²) in [6.07, 6.45) is -0.516. The van der Waals surface area contributed by atoms with Gasteiger partial charge in [0, 0.05) is 13.0 Å². The number of carbonyl (C=O) groups is 3. The van der Waals surface area contributed by atoms with Crippen molar-refractivity contribution in [3.05, 3.63) is 41.0 Å². The smallest absolute Gasteiger partial charge is 0.258 e. The van der Waals surface area contributed by atoms with Crippen molar-refractivity contribution >= 4 is 29.1 Å². The molecule has 0 unspecified atom stereocenters. The Kier molecular flexibility index (Phi) is 8.19. The fraction of sp³-hybridized carbons (Fsp3) is 0.586. The molecule has 4 rings (SSSR count). The predicted octanol–water partition coefficient (Wildman–Crippen LogP) is 3.93. The number of rotatable bonds is 8. The molecule has 1 aromatic heterocycles. The molecule has 1 aliphatic carbocycles. The van der Waals surface area contributed by atoms with E-state index in [2.05, 4.69) is 15.6 Å². The Hall–Kier alpha value is -2.85. The standard InChI is InChI=1S/C29H39FN4O4S/c1-16(2)22(18-7-9-19(10-8-18)23-17(3)31-15-39-23)32-25(36)21-13-20(35)14-34(21)26(37)24(28(4,5)6)33-27(38)29(30)11-12-29/h7-10,15-16,20-22,24,35H,11-14H2,1-6H3,(H,32,36)(H,33,38)/t20-,21+,22+,24-/m1/s1. The molecule has 2 aromatic rings. The van der Waals surface area contributed by atoms with Gasteiger partial charge in [-0.25, -0.2) is 9.37 Å². The third-order valence-corrected chi connectivity index (χ3v) is 8.57. The number of aryl methyl sites for hydroxylation is 1. The van der Waals surface area contributed by atoms with Gasteiger partial charge in [0.15, 0.2) is 5.67 Å². The molecule has 10 heteroatoms. The molecule has 1 aliphatic heterocycles. The van der Waals surface area contributed by atoms with Gasteiger partial charge >= 0.3 is 0 Å². The molecular weight excluding hydrogens is 519 g/mol. The summed E-state index contributed by atoms with van der Waals surface area (Å²) < 4.78 is 14.4. The van der Waals surface area contributed by atoms with Crippen LogP contribution >= 0.6 is 11.3 Å². The number of alkyl halides is 1. The number of aliphatic hydroxyl groups is 1. The van der Waals surface area contributed by atoms with Gasteiger partial charge < -0.3 is 20.6 Å². The predicted molar refractivity (Wildman–Crippen MR) is 149 cm³/mol. The van der Waals surface area contributed by atoms with Crippen LogP contribution < -0.4 is 10.6 Å². The zero-order chi connectivity index (χ0) is 28.7. The molecule has 0 spiro atoms. The molecule has 1 saturated carbocycles. The van der Waals surface area contributed by atoms with Crippen molar-refractivity contribution in [1.29, 1.82) is 0 Å². The van der Waals surface area contributed by atoms with E-state index in [-0.39, 0.29) is 43.7 Å². The van der Waals surface area contributed by atoms with Crippen molar-refractivity contribution in [3.63, 3.8) is 0 Å². The van der Waals surface area contributed by atoms with Crippen molar-refractivity contribution < 1.29 is 23.9 Å². The highest BCUT2D eigenvalue weighted by atomic mass is 32.1. The number of hydrogen-bond donors (Lipinski definition) is 3. The van der Waals surface area contributed by atoms with Gasteiger partial charge in [-0.05, 0) is 42.2 Å². The molecule has 39 heavy (non-hydrogen) atoms. The van der Waals surface area contributed by atoms with Crippen molar-refractivity contribution in [2.45, 2.75) is 90.7 Å². The molecule has 2 aliphatic rings. The summed E-state index contributed by atoms with van der Waals surface area (Å²) in [5.41, 5.74) is 2.11. The van der Waals surface area contributed by atoms with Gasteiger partial charge in [0.2, 0.25) is 11.8 Å². The van der Waals surface area contributed by atoms with E-state index in [0.29, 0.717) is 0 Å². The largest absolute Gasteiger partial charge is 0.391 e. The fourth-order valence-electron chi connectivity index (χ4n) is 5.02. The molecule has 3 N–H and O–H groups in total. The number of halogens is 1.